The zero-order chi connectivity index (χ0) is 14.7. The van der Waals surface area contributed by atoms with E-state index in [1.165, 1.54) is 0 Å². The van der Waals surface area contributed by atoms with Gasteiger partial charge in [-0.3, -0.25) is 4.79 Å². The van der Waals surface area contributed by atoms with Crippen molar-refractivity contribution in [3.63, 3.8) is 0 Å². The van der Waals surface area contributed by atoms with Crippen LogP contribution in [0.5, 0.6) is 0 Å². The summed E-state index contributed by atoms with van der Waals surface area (Å²) >= 11 is 6.89. The standard InChI is InChI=1S/C14H16Br2N2O2/c1-8(2-3-19)6-18-14(20)10-7-17-13-5-12(16)11(15)4-9(10)13/h4-5,7-8,17,19H,2-3,6H2,1H3,(H,18,20). The van der Waals surface area contributed by atoms with Gasteiger partial charge in [0.1, 0.15) is 0 Å². The lowest BCUT2D eigenvalue weighted by Crippen LogP contribution is -2.28. The number of aromatic nitrogens is 1. The van der Waals surface area contributed by atoms with Crippen LogP contribution in [0.1, 0.15) is 23.7 Å². The highest BCUT2D eigenvalue weighted by molar-refractivity contribution is 9.13. The molecule has 0 bridgehead atoms. The first kappa shape index (κ1) is 15.5. The van der Waals surface area contributed by atoms with Gasteiger partial charge >= 0.3 is 0 Å². The molecule has 0 saturated heterocycles. The lowest BCUT2D eigenvalue weighted by atomic mass is 10.1. The summed E-state index contributed by atoms with van der Waals surface area (Å²) in [7, 11) is 0. The van der Waals surface area contributed by atoms with Gasteiger partial charge in [0.2, 0.25) is 0 Å². The summed E-state index contributed by atoms with van der Waals surface area (Å²) in [6.45, 7) is 2.70. The molecule has 20 heavy (non-hydrogen) atoms. The zero-order valence-electron chi connectivity index (χ0n) is 11.0. The molecular formula is C14H16Br2N2O2. The van der Waals surface area contributed by atoms with Crippen LogP contribution in [0.2, 0.25) is 0 Å². The van der Waals surface area contributed by atoms with Gasteiger partial charge in [0.05, 0.1) is 5.56 Å². The van der Waals surface area contributed by atoms with Crippen LogP contribution in [0, 0.1) is 5.92 Å². The van der Waals surface area contributed by atoms with Crippen LogP contribution in [0.15, 0.2) is 27.3 Å². The lowest BCUT2D eigenvalue weighted by molar-refractivity contribution is 0.0947. The molecule has 0 saturated carbocycles. The Hall–Kier alpha value is -0.850. The number of aliphatic hydroxyl groups excluding tert-OH is 1. The Morgan fingerprint density at radius 2 is 2.10 bits per heavy atom. The first-order valence-electron chi connectivity index (χ1n) is 6.38. The van der Waals surface area contributed by atoms with Gasteiger partial charge in [0.15, 0.2) is 0 Å². The van der Waals surface area contributed by atoms with Gasteiger partial charge in [-0.05, 0) is 56.3 Å². The van der Waals surface area contributed by atoms with Crippen molar-refractivity contribution >= 4 is 48.7 Å². The van der Waals surface area contributed by atoms with Gasteiger partial charge in [0, 0.05) is 39.2 Å². The van der Waals surface area contributed by atoms with Crippen LogP contribution >= 0.6 is 31.9 Å². The fourth-order valence-electron chi connectivity index (χ4n) is 1.99. The second-order valence-corrected chi connectivity index (χ2v) is 6.55. The van der Waals surface area contributed by atoms with Crippen LogP contribution < -0.4 is 5.32 Å². The van der Waals surface area contributed by atoms with Gasteiger partial charge in [-0.25, -0.2) is 0 Å². The number of amides is 1. The summed E-state index contributed by atoms with van der Waals surface area (Å²) in [5.74, 6) is 0.158. The molecule has 0 aliphatic carbocycles. The molecule has 3 N–H and O–H groups in total. The first-order chi connectivity index (χ1) is 9.52. The van der Waals surface area contributed by atoms with E-state index in [4.69, 9.17) is 5.11 Å². The Morgan fingerprint density at radius 3 is 2.80 bits per heavy atom. The number of nitrogens with one attached hydrogen (secondary N) is 2. The van der Waals surface area contributed by atoms with Crippen molar-refractivity contribution in [2.75, 3.05) is 13.2 Å². The number of halogens is 2. The van der Waals surface area contributed by atoms with E-state index >= 15 is 0 Å². The number of carbonyl (C=O) groups excluding carboxylic acids is 1. The molecule has 0 aliphatic heterocycles. The molecule has 108 valence electrons. The summed E-state index contributed by atoms with van der Waals surface area (Å²) in [4.78, 5) is 15.3. The number of rotatable bonds is 5. The Balaban J connectivity index is 2.16. The van der Waals surface area contributed by atoms with E-state index in [0.29, 0.717) is 18.5 Å². The summed E-state index contributed by atoms with van der Waals surface area (Å²) in [6.07, 6.45) is 2.41. The second kappa shape index (κ2) is 6.74. The van der Waals surface area contributed by atoms with Crippen molar-refractivity contribution in [2.24, 2.45) is 5.92 Å². The quantitative estimate of drug-likeness (QED) is 0.715. The summed E-state index contributed by atoms with van der Waals surface area (Å²) in [5.41, 5.74) is 1.54. The summed E-state index contributed by atoms with van der Waals surface area (Å²) in [6, 6.07) is 3.85. The van der Waals surface area contributed by atoms with Gasteiger partial charge < -0.3 is 15.4 Å². The highest BCUT2D eigenvalue weighted by Crippen LogP contribution is 2.30. The van der Waals surface area contributed by atoms with Crippen molar-refractivity contribution in [3.8, 4) is 0 Å². The minimum atomic E-state index is -0.102. The maximum absolute atomic E-state index is 12.2. The molecular weight excluding hydrogens is 388 g/mol. The zero-order valence-corrected chi connectivity index (χ0v) is 14.2. The molecule has 1 unspecified atom stereocenters. The van der Waals surface area contributed by atoms with E-state index < -0.39 is 0 Å². The van der Waals surface area contributed by atoms with Crippen LogP contribution in [0.25, 0.3) is 10.9 Å². The number of hydrogen-bond donors (Lipinski definition) is 3. The van der Waals surface area contributed by atoms with Crippen LogP contribution in [0.3, 0.4) is 0 Å². The number of hydrogen-bond acceptors (Lipinski definition) is 2. The molecule has 2 rings (SSSR count). The van der Waals surface area contributed by atoms with Crippen LogP contribution in [0.4, 0.5) is 0 Å². The minimum absolute atomic E-state index is 0.102. The van der Waals surface area contributed by atoms with Crippen molar-refractivity contribution in [1.29, 1.82) is 0 Å². The largest absolute Gasteiger partial charge is 0.396 e. The molecule has 1 heterocycles. The van der Waals surface area contributed by atoms with E-state index in [9.17, 15) is 4.79 Å². The molecule has 2 aromatic rings. The number of benzene rings is 1. The van der Waals surface area contributed by atoms with Gasteiger partial charge in [-0.15, -0.1) is 0 Å². The number of aliphatic hydroxyl groups is 1. The lowest BCUT2D eigenvalue weighted by Gasteiger charge is -2.10. The third kappa shape index (κ3) is 3.42. The Bertz CT molecular complexity index is 625. The highest BCUT2D eigenvalue weighted by atomic mass is 79.9. The molecule has 0 fully saturated rings. The molecule has 1 amide bonds. The van der Waals surface area contributed by atoms with E-state index in [2.05, 4.69) is 42.2 Å². The fraction of sp³-hybridized carbons (Fsp3) is 0.357. The first-order valence-corrected chi connectivity index (χ1v) is 7.96. The van der Waals surface area contributed by atoms with Gasteiger partial charge in [-0.1, -0.05) is 6.92 Å². The molecule has 1 atom stereocenters. The SMILES string of the molecule is CC(CCO)CNC(=O)c1c[nH]c2cc(Br)c(Br)cc12. The predicted molar refractivity (Wildman–Crippen MR) is 86.9 cm³/mol. The van der Waals surface area contributed by atoms with Crippen molar-refractivity contribution in [3.05, 3.63) is 32.8 Å². The molecule has 0 spiro atoms. The molecule has 6 heteroatoms. The van der Waals surface area contributed by atoms with E-state index in [-0.39, 0.29) is 18.4 Å². The van der Waals surface area contributed by atoms with E-state index in [1.54, 1.807) is 6.20 Å². The van der Waals surface area contributed by atoms with Crippen LogP contribution in [-0.4, -0.2) is 29.1 Å². The maximum atomic E-state index is 12.2. The average Bonchev–Trinajstić information content (AvgIpc) is 2.80. The third-order valence-corrected chi connectivity index (χ3v) is 5.04. The smallest absolute Gasteiger partial charge is 0.253 e. The third-order valence-electron chi connectivity index (χ3n) is 3.20. The Labute approximate surface area is 134 Å². The number of H-pyrrole nitrogens is 1. The highest BCUT2D eigenvalue weighted by Gasteiger charge is 2.14. The monoisotopic (exact) mass is 402 g/mol. The molecule has 0 aliphatic rings. The second-order valence-electron chi connectivity index (χ2n) is 4.84. The topological polar surface area (TPSA) is 65.1 Å². The van der Waals surface area contributed by atoms with Crippen LogP contribution in [-0.2, 0) is 0 Å². The number of carbonyl (C=O) groups is 1. The summed E-state index contributed by atoms with van der Waals surface area (Å²) in [5, 5.41) is 12.6. The van der Waals surface area contributed by atoms with Crippen molar-refractivity contribution < 1.29 is 9.90 Å². The van der Waals surface area contributed by atoms with Gasteiger partial charge in [-0.2, -0.15) is 0 Å². The van der Waals surface area contributed by atoms with Gasteiger partial charge in [0.25, 0.3) is 5.91 Å². The maximum Gasteiger partial charge on any atom is 0.253 e. The minimum Gasteiger partial charge on any atom is -0.396 e. The van der Waals surface area contributed by atoms with Crippen molar-refractivity contribution in [2.45, 2.75) is 13.3 Å². The molecule has 1 aromatic heterocycles. The molecule has 1 aromatic carbocycles. The summed E-state index contributed by atoms with van der Waals surface area (Å²) < 4.78 is 1.85. The number of fused-ring (bicyclic) bond motifs is 1. The fourth-order valence-corrected chi connectivity index (χ4v) is 2.68. The Morgan fingerprint density at radius 1 is 1.40 bits per heavy atom. The van der Waals surface area contributed by atoms with Crippen molar-refractivity contribution in [1.82, 2.24) is 10.3 Å². The molecule has 4 nitrogen and oxygen atoms in total. The Kier molecular flexibility index (Phi) is 5.23. The van der Waals surface area contributed by atoms with E-state index in [1.807, 2.05) is 19.1 Å². The average molecular weight is 404 g/mol. The molecule has 0 radical (unpaired) electrons. The van der Waals surface area contributed by atoms with E-state index in [0.717, 1.165) is 19.8 Å². The predicted octanol–water partition coefficient (Wildman–Crippen LogP) is 3.44. The number of aromatic amines is 1. The normalized spacial score (nSPS) is 12.6.